The van der Waals surface area contributed by atoms with Gasteiger partial charge >= 0.3 is 0 Å². The molecule has 0 bridgehead atoms. The van der Waals surface area contributed by atoms with Gasteiger partial charge in [-0.05, 0) is 49.5 Å². The van der Waals surface area contributed by atoms with Crippen molar-refractivity contribution in [2.45, 2.75) is 44.8 Å². The third kappa shape index (κ3) is 7.57. The van der Waals surface area contributed by atoms with Crippen LogP contribution in [0.5, 0.6) is 0 Å². The molecule has 188 valence electrons. The lowest BCUT2D eigenvalue weighted by Crippen LogP contribution is -2.52. The lowest BCUT2D eigenvalue weighted by molar-refractivity contribution is -0.136. The standard InChI is InChI=1S/C24H36N4O6/c25-8-2-10-32-12-14-34-15-13-33-11-3-9-26-16-18-4-1-5-19-20(18)17-28(24(19)31)21-6-7-22(29)27-23(21)30/h1,4-5,21,26H,2-3,6-17,25H2,(H,27,29,30). The highest BCUT2D eigenvalue weighted by molar-refractivity contribution is 6.05. The largest absolute Gasteiger partial charge is 0.379 e. The molecule has 0 aliphatic carbocycles. The third-order valence-electron chi connectivity index (χ3n) is 5.87. The molecule has 0 radical (unpaired) electrons. The van der Waals surface area contributed by atoms with Gasteiger partial charge in [-0.3, -0.25) is 19.7 Å². The summed E-state index contributed by atoms with van der Waals surface area (Å²) in [7, 11) is 0. The summed E-state index contributed by atoms with van der Waals surface area (Å²) in [6.45, 7) is 5.97. The minimum Gasteiger partial charge on any atom is -0.379 e. The summed E-state index contributed by atoms with van der Waals surface area (Å²) in [6.07, 6.45) is 2.34. The highest BCUT2D eigenvalue weighted by Crippen LogP contribution is 2.29. The van der Waals surface area contributed by atoms with Crippen molar-refractivity contribution in [2.75, 3.05) is 52.7 Å². The van der Waals surface area contributed by atoms with Crippen LogP contribution in [0.2, 0.25) is 0 Å². The molecular weight excluding hydrogens is 440 g/mol. The number of amides is 3. The number of nitrogens with two attached hydrogens (primary N) is 1. The van der Waals surface area contributed by atoms with Gasteiger partial charge in [0.2, 0.25) is 11.8 Å². The quantitative estimate of drug-likeness (QED) is 0.230. The minimum absolute atomic E-state index is 0.149. The summed E-state index contributed by atoms with van der Waals surface area (Å²) in [5.74, 6) is -0.821. The molecule has 1 saturated heterocycles. The van der Waals surface area contributed by atoms with Crippen molar-refractivity contribution in [1.82, 2.24) is 15.5 Å². The number of nitrogens with one attached hydrogen (secondary N) is 2. The molecule has 1 atom stereocenters. The summed E-state index contributed by atoms with van der Waals surface area (Å²) >= 11 is 0. The lowest BCUT2D eigenvalue weighted by atomic mass is 10.0. The van der Waals surface area contributed by atoms with Gasteiger partial charge in [-0.25, -0.2) is 0 Å². The molecule has 3 amide bonds. The zero-order chi connectivity index (χ0) is 24.2. The molecule has 2 aliphatic rings. The van der Waals surface area contributed by atoms with E-state index in [1.807, 2.05) is 12.1 Å². The topological polar surface area (TPSA) is 132 Å². The molecular formula is C24H36N4O6. The Morgan fingerprint density at radius 2 is 1.71 bits per heavy atom. The fourth-order valence-electron chi connectivity index (χ4n) is 4.07. The molecule has 1 aromatic rings. The molecule has 10 heteroatoms. The van der Waals surface area contributed by atoms with Gasteiger partial charge in [-0.2, -0.15) is 0 Å². The fraction of sp³-hybridized carbons (Fsp3) is 0.625. The van der Waals surface area contributed by atoms with Gasteiger partial charge in [0.25, 0.3) is 5.91 Å². The van der Waals surface area contributed by atoms with Gasteiger partial charge in [-0.15, -0.1) is 0 Å². The van der Waals surface area contributed by atoms with Gasteiger partial charge in [-0.1, -0.05) is 12.1 Å². The number of fused-ring (bicyclic) bond motifs is 1. The number of piperidine rings is 1. The van der Waals surface area contributed by atoms with Gasteiger partial charge in [0.15, 0.2) is 0 Å². The Hall–Kier alpha value is -2.37. The Balaban J connectivity index is 1.30. The highest BCUT2D eigenvalue weighted by atomic mass is 16.5. The Labute approximate surface area is 200 Å². The Morgan fingerprint density at radius 3 is 2.41 bits per heavy atom. The van der Waals surface area contributed by atoms with E-state index in [2.05, 4.69) is 10.6 Å². The van der Waals surface area contributed by atoms with Crippen molar-refractivity contribution in [3.8, 4) is 0 Å². The molecule has 34 heavy (non-hydrogen) atoms. The fourth-order valence-corrected chi connectivity index (χ4v) is 4.07. The normalized spacial score (nSPS) is 17.9. The SMILES string of the molecule is NCCCOCCOCCOCCCNCc1cccc2c1CN(C1CCC(=O)NC1=O)C2=O. The van der Waals surface area contributed by atoms with E-state index in [0.717, 1.165) is 30.5 Å². The molecule has 1 unspecified atom stereocenters. The van der Waals surface area contributed by atoms with Gasteiger partial charge in [0.1, 0.15) is 6.04 Å². The summed E-state index contributed by atoms with van der Waals surface area (Å²) in [6, 6.07) is 5.08. The first kappa shape index (κ1) is 26.2. The van der Waals surface area contributed by atoms with E-state index in [1.165, 1.54) is 0 Å². The number of hydrogen-bond donors (Lipinski definition) is 3. The minimum atomic E-state index is -0.594. The third-order valence-corrected chi connectivity index (χ3v) is 5.87. The molecule has 0 spiro atoms. The second kappa shape index (κ2) is 14.1. The van der Waals surface area contributed by atoms with E-state index >= 15 is 0 Å². The van der Waals surface area contributed by atoms with Crippen molar-refractivity contribution in [2.24, 2.45) is 5.73 Å². The van der Waals surface area contributed by atoms with Crippen LogP contribution in [-0.4, -0.2) is 81.4 Å². The molecule has 1 fully saturated rings. The Morgan fingerprint density at radius 1 is 1.00 bits per heavy atom. The molecule has 1 aromatic carbocycles. The maximum atomic E-state index is 12.9. The van der Waals surface area contributed by atoms with Crippen molar-refractivity contribution < 1.29 is 28.6 Å². The predicted octanol–water partition coefficient (Wildman–Crippen LogP) is 0.326. The van der Waals surface area contributed by atoms with E-state index in [-0.39, 0.29) is 18.2 Å². The maximum absolute atomic E-state index is 12.9. The molecule has 4 N–H and O–H groups in total. The van der Waals surface area contributed by atoms with Crippen LogP contribution < -0.4 is 16.4 Å². The Bertz CT molecular complexity index is 834. The van der Waals surface area contributed by atoms with Gasteiger partial charge < -0.3 is 30.2 Å². The van der Waals surface area contributed by atoms with Crippen LogP contribution in [0.25, 0.3) is 0 Å². The van der Waals surface area contributed by atoms with Crippen molar-refractivity contribution in [1.29, 1.82) is 0 Å². The second-order valence-corrected chi connectivity index (χ2v) is 8.35. The van der Waals surface area contributed by atoms with Crippen LogP contribution in [0.3, 0.4) is 0 Å². The summed E-state index contributed by atoms with van der Waals surface area (Å²) in [5, 5.41) is 5.74. The smallest absolute Gasteiger partial charge is 0.255 e. The molecule has 2 heterocycles. The van der Waals surface area contributed by atoms with Crippen LogP contribution in [0.1, 0.15) is 47.2 Å². The number of ether oxygens (including phenoxy) is 3. The van der Waals surface area contributed by atoms with Crippen molar-refractivity contribution in [3.05, 3.63) is 34.9 Å². The van der Waals surface area contributed by atoms with Crippen LogP contribution in [-0.2, 0) is 36.9 Å². The molecule has 3 rings (SSSR count). The maximum Gasteiger partial charge on any atom is 0.255 e. The van der Waals surface area contributed by atoms with E-state index in [4.69, 9.17) is 19.9 Å². The summed E-state index contributed by atoms with van der Waals surface area (Å²) < 4.78 is 16.4. The second-order valence-electron chi connectivity index (χ2n) is 8.35. The highest BCUT2D eigenvalue weighted by Gasteiger charge is 2.39. The average Bonchev–Trinajstić information content (AvgIpc) is 3.16. The number of hydrogen-bond acceptors (Lipinski definition) is 8. The first-order valence-electron chi connectivity index (χ1n) is 12.0. The number of imide groups is 1. The monoisotopic (exact) mass is 476 g/mol. The zero-order valence-corrected chi connectivity index (χ0v) is 19.7. The number of benzene rings is 1. The van der Waals surface area contributed by atoms with Crippen molar-refractivity contribution in [3.63, 3.8) is 0 Å². The van der Waals surface area contributed by atoms with Crippen LogP contribution in [0.15, 0.2) is 18.2 Å². The Kier molecular flexibility index (Phi) is 10.9. The number of carbonyl (C=O) groups is 3. The van der Waals surface area contributed by atoms with Gasteiger partial charge in [0.05, 0.1) is 26.4 Å². The average molecular weight is 477 g/mol. The van der Waals surface area contributed by atoms with Crippen LogP contribution in [0, 0.1) is 0 Å². The molecule has 0 aromatic heterocycles. The van der Waals surface area contributed by atoms with E-state index in [0.29, 0.717) is 71.3 Å². The predicted molar refractivity (Wildman–Crippen MR) is 125 cm³/mol. The number of rotatable bonds is 16. The van der Waals surface area contributed by atoms with E-state index < -0.39 is 11.9 Å². The van der Waals surface area contributed by atoms with Crippen molar-refractivity contribution >= 4 is 17.7 Å². The first-order chi connectivity index (χ1) is 16.6. The number of carbonyl (C=O) groups excluding carboxylic acids is 3. The zero-order valence-electron chi connectivity index (χ0n) is 19.7. The molecule has 10 nitrogen and oxygen atoms in total. The van der Waals surface area contributed by atoms with E-state index in [9.17, 15) is 14.4 Å². The summed E-state index contributed by atoms with van der Waals surface area (Å²) in [4.78, 5) is 38.1. The van der Waals surface area contributed by atoms with Crippen LogP contribution in [0.4, 0.5) is 0 Å². The first-order valence-corrected chi connectivity index (χ1v) is 12.0. The summed E-state index contributed by atoms with van der Waals surface area (Å²) in [5.41, 5.74) is 8.03. The molecule has 2 aliphatic heterocycles. The number of nitrogens with zero attached hydrogens (tertiary/aromatic N) is 1. The van der Waals surface area contributed by atoms with E-state index in [1.54, 1.807) is 11.0 Å². The lowest BCUT2D eigenvalue weighted by Gasteiger charge is -2.29. The van der Waals surface area contributed by atoms with Crippen LogP contribution >= 0.6 is 0 Å². The van der Waals surface area contributed by atoms with Gasteiger partial charge in [0, 0.05) is 38.3 Å². The molecule has 0 saturated carbocycles.